The summed E-state index contributed by atoms with van der Waals surface area (Å²) >= 11 is 0. The van der Waals surface area contributed by atoms with Crippen LogP contribution < -0.4 is 10.1 Å². The van der Waals surface area contributed by atoms with Crippen LogP contribution in [0.3, 0.4) is 0 Å². The predicted octanol–water partition coefficient (Wildman–Crippen LogP) is 3.97. The van der Waals surface area contributed by atoms with Gasteiger partial charge in [0, 0.05) is 13.1 Å². The molecule has 0 saturated heterocycles. The molecule has 2 rings (SSSR count). The zero-order valence-corrected chi connectivity index (χ0v) is 12.6. The molecule has 0 bridgehead atoms. The number of hydrogen-bond donors (Lipinski definition) is 2. The van der Waals surface area contributed by atoms with E-state index in [1.807, 2.05) is 6.07 Å². The molecule has 0 spiro atoms. The molecule has 2 aromatic carbocycles. The number of ether oxygens (including phenoxy) is 1. The maximum Gasteiger partial charge on any atom is 0.416 e. The fraction of sp³-hybridized carbons (Fsp3) is 0.294. The molecule has 0 fully saturated rings. The van der Waals surface area contributed by atoms with Gasteiger partial charge < -0.3 is 15.2 Å². The fourth-order valence-electron chi connectivity index (χ4n) is 2.02. The van der Waals surface area contributed by atoms with E-state index in [-0.39, 0.29) is 5.75 Å². The van der Waals surface area contributed by atoms with Gasteiger partial charge in [-0.05, 0) is 42.8 Å². The van der Waals surface area contributed by atoms with E-state index in [0.29, 0.717) is 18.8 Å². The van der Waals surface area contributed by atoms with Crippen LogP contribution in [0.25, 0.3) is 0 Å². The standard InChI is InChI=1S/C17H18F3NO2/c1-12(22)10-21-11-13-4-2-6-15(8-13)23-16-7-3-5-14(9-16)17(18,19)20/h2-9,12,21-22H,10-11H2,1H3/t12-/m0/s1. The van der Waals surface area contributed by atoms with Crippen LogP contribution in [0.4, 0.5) is 13.2 Å². The quantitative estimate of drug-likeness (QED) is 0.844. The normalized spacial score (nSPS) is 12.9. The minimum absolute atomic E-state index is 0.133. The average Bonchev–Trinajstić information content (AvgIpc) is 2.47. The molecule has 0 aliphatic rings. The lowest BCUT2D eigenvalue weighted by molar-refractivity contribution is -0.137. The summed E-state index contributed by atoms with van der Waals surface area (Å²) in [7, 11) is 0. The highest BCUT2D eigenvalue weighted by atomic mass is 19.4. The number of nitrogens with one attached hydrogen (secondary N) is 1. The molecule has 0 heterocycles. The van der Waals surface area contributed by atoms with Crippen molar-refractivity contribution in [3.05, 3.63) is 59.7 Å². The molecule has 0 unspecified atom stereocenters. The van der Waals surface area contributed by atoms with Crippen molar-refractivity contribution >= 4 is 0 Å². The zero-order valence-electron chi connectivity index (χ0n) is 12.6. The van der Waals surface area contributed by atoms with Crippen molar-refractivity contribution in [1.29, 1.82) is 0 Å². The molecule has 0 radical (unpaired) electrons. The van der Waals surface area contributed by atoms with Gasteiger partial charge in [-0.1, -0.05) is 18.2 Å². The first-order valence-electron chi connectivity index (χ1n) is 7.17. The van der Waals surface area contributed by atoms with E-state index in [2.05, 4.69) is 5.32 Å². The van der Waals surface area contributed by atoms with Crippen LogP contribution in [0.2, 0.25) is 0 Å². The molecule has 0 aliphatic carbocycles. The van der Waals surface area contributed by atoms with Crippen molar-refractivity contribution in [3.8, 4) is 11.5 Å². The smallest absolute Gasteiger partial charge is 0.416 e. The number of benzene rings is 2. The average molecular weight is 325 g/mol. The summed E-state index contributed by atoms with van der Waals surface area (Å²) < 4.78 is 43.6. The molecular weight excluding hydrogens is 307 g/mol. The second-order valence-corrected chi connectivity index (χ2v) is 5.25. The fourth-order valence-corrected chi connectivity index (χ4v) is 2.02. The Balaban J connectivity index is 2.06. The minimum Gasteiger partial charge on any atom is -0.457 e. The van der Waals surface area contributed by atoms with Crippen LogP contribution in [-0.4, -0.2) is 17.8 Å². The Morgan fingerprint density at radius 3 is 2.39 bits per heavy atom. The van der Waals surface area contributed by atoms with Crippen molar-refractivity contribution in [2.45, 2.75) is 25.7 Å². The van der Waals surface area contributed by atoms with E-state index in [1.165, 1.54) is 12.1 Å². The molecular formula is C17H18F3NO2. The SMILES string of the molecule is C[C@H](O)CNCc1cccc(Oc2cccc(C(F)(F)F)c2)c1. The summed E-state index contributed by atoms with van der Waals surface area (Å²) in [4.78, 5) is 0. The molecule has 1 atom stereocenters. The third kappa shape index (κ3) is 5.58. The molecule has 0 saturated carbocycles. The second-order valence-electron chi connectivity index (χ2n) is 5.25. The second kappa shape index (κ2) is 7.48. The number of aliphatic hydroxyl groups is 1. The van der Waals surface area contributed by atoms with E-state index in [4.69, 9.17) is 4.74 Å². The topological polar surface area (TPSA) is 41.5 Å². The molecule has 3 nitrogen and oxygen atoms in total. The van der Waals surface area contributed by atoms with Gasteiger partial charge in [-0.2, -0.15) is 13.2 Å². The number of alkyl halides is 3. The largest absolute Gasteiger partial charge is 0.457 e. The number of rotatable bonds is 6. The molecule has 0 aliphatic heterocycles. The lowest BCUT2D eigenvalue weighted by Crippen LogP contribution is -2.23. The van der Waals surface area contributed by atoms with E-state index < -0.39 is 17.8 Å². The lowest BCUT2D eigenvalue weighted by Gasteiger charge is -2.11. The van der Waals surface area contributed by atoms with Crippen molar-refractivity contribution in [1.82, 2.24) is 5.32 Å². The monoisotopic (exact) mass is 325 g/mol. The highest BCUT2D eigenvalue weighted by molar-refractivity contribution is 5.36. The van der Waals surface area contributed by atoms with Crippen LogP contribution in [0.15, 0.2) is 48.5 Å². The highest BCUT2D eigenvalue weighted by Crippen LogP contribution is 2.32. The molecule has 2 N–H and O–H groups in total. The van der Waals surface area contributed by atoms with Crippen molar-refractivity contribution < 1.29 is 23.0 Å². The first-order chi connectivity index (χ1) is 10.8. The van der Waals surface area contributed by atoms with Gasteiger partial charge in [-0.25, -0.2) is 0 Å². The van der Waals surface area contributed by atoms with Crippen LogP contribution in [-0.2, 0) is 12.7 Å². The maximum absolute atomic E-state index is 12.7. The number of halogens is 3. The van der Waals surface area contributed by atoms with Gasteiger partial charge in [-0.15, -0.1) is 0 Å². The molecule has 124 valence electrons. The highest BCUT2D eigenvalue weighted by Gasteiger charge is 2.30. The van der Waals surface area contributed by atoms with E-state index in [0.717, 1.165) is 17.7 Å². The van der Waals surface area contributed by atoms with Crippen LogP contribution in [0, 0.1) is 0 Å². The van der Waals surface area contributed by atoms with Crippen molar-refractivity contribution in [2.24, 2.45) is 0 Å². The minimum atomic E-state index is -4.40. The summed E-state index contributed by atoms with van der Waals surface area (Å²) in [5.74, 6) is 0.592. The molecule has 0 aromatic heterocycles. The van der Waals surface area contributed by atoms with E-state index in [1.54, 1.807) is 25.1 Å². The third-order valence-electron chi connectivity index (χ3n) is 3.06. The Hall–Kier alpha value is -2.05. The summed E-state index contributed by atoms with van der Waals surface area (Å²) in [6.45, 7) is 2.67. The van der Waals surface area contributed by atoms with E-state index in [9.17, 15) is 18.3 Å². The van der Waals surface area contributed by atoms with Crippen LogP contribution >= 0.6 is 0 Å². The molecule has 23 heavy (non-hydrogen) atoms. The summed E-state index contributed by atoms with van der Waals surface area (Å²) in [5, 5.41) is 12.3. The third-order valence-corrected chi connectivity index (χ3v) is 3.06. The van der Waals surface area contributed by atoms with Gasteiger partial charge in [-0.3, -0.25) is 0 Å². The van der Waals surface area contributed by atoms with Gasteiger partial charge in [0.2, 0.25) is 0 Å². The first-order valence-corrected chi connectivity index (χ1v) is 7.17. The summed E-state index contributed by atoms with van der Waals surface area (Å²) in [6, 6.07) is 11.8. The van der Waals surface area contributed by atoms with Crippen molar-refractivity contribution in [2.75, 3.05) is 6.54 Å². The van der Waals surface area contributed by atoms with Crippen LogP contribution in [0.5, 0.6) is 11.5 Å². The Morgan fingerprint density at radius 1 is 1.09 bits per heavy atom. The van der Waals surface area contributed by atoms with Gasteiger partial charge in [0.1, 0.15) is 11.5 Å². The van der Waals surface area contributed by atoms with Gasteiger partial charge in [0.15, 0.2) is 0 Å². The van der Waals surface area contributed by atoms with E-state index >= 15 is 0 Å². The van der Waals surface area contributed by atoms with Gasteiger partial charge >= 0.3 is 6.18 Å². The van der Waals surface area contributed by atoms with Crippen molar-refractivity contribution in [3.63, 3.8) is 0 Å². The summed E-state index contributed by atoms with van der Waals surface area (Å²) in [5.41, 5.74) is 0.167. The molecule has 6 heteroatoms. The maximum atomic E-state index is 12.7. The van der Waals surface area contributed by atoms with Gasteiger partial charge in [0.25, 0.3) is 0 Å². The first kappa shape index (κ1) is 17.3. The van der Waals surface area contributed by atoms with Crippen LogP contribution in [0.1, 0.15) is 18.1 Å². The van der Waals surface area contributed by atoms with Gasteiger partial charge in [0.05, 0.1) is 11.7 Å². The molecule has 0 amide bonds. The molecule has 2 aromatic rings. The Bertz CT molecular complexity index is 642. The number of hydrogen-bond acceptors (Lipinski definition) is 3. The Kier molecular flexibility index (Phi) is 5.63. The zero-order chi connectivity index (χ0) is 16.9. The Morgan fingerprint density at radius 2 is 1.74 bits per heavy atom. The number of aliphatic hydroxyl groups excluding tert-OH is 1. The summed E-state index contributed by atoms with van der Waals surface area (Å²) in [6.07, 6.45) is -4.84. The Labute approximate surface area is 132 Å². The lowest BCUT2D eigenvalue weighted by atomic mass is 10.2. The predicted molar refractivity (Wildman–Crippen MR) is 81.3 cm³/mol.